The van der Waals surface area contributed by atoms with Gasteiger partial charge in [-0.1, -0.05) is 23.2 Å². The van der Waals surface area contributed by atoms with Crippen molar-refractivity contribution >= 4 is 35.0 Å². The molecular weight excluding hydrogens is 287 g/mol. The van der Waals surface area contributed by atoms with Gasteiger partial charge in [0.2, 0.25) is 0 Å². The quantitative estimate of drug-likeness (QED) is 0.859. The number of nitrogens with one attached hydrogen (secondary N) is 1. The second kappa shape index (κ2) is 7.01. The van der Waals surface area contributed by atoms with E-state index in [-0.39, 0.29) is 0 Å². The Kier molecular flexibility index (Phi) is 5.64. The maximum absolute atomic E-state index is 6.14. The third-order valence-electron chi connectivity index (χ3n) is 3.17. The second-order valence-electron chi connectivity index (χ2n) is 4.51. The lowest BCUT2D eigenvalue weighted by atomic mass is 10.2. The zero-order valence-electron chi connectivity index (χ0n) is 10.5. The van der Waals surface area contributed by atoms with E-state index < -0.39 is 0 Å². The molecule has 0 saturated carbocycles. The van der Waals surface area contributed by atoms with E-state index in [1.165, 1.54) is 0 Å². The number of benzene rings is 1. The minimum absolute atomic E-state index is 0.620. The highest BCUT2D eigenvalue weighted by Gasteiger charge is 2.17. The van der Waals surface area contributed by atoms with Gasteiger partial charge in [0.05, 0.1) is 5.02 Å². The lowest BCUT2D eigenvalue weighted by Crippen LogP contribution is -2.50. The standard InChI is InChI=1S/C13H18Cl2N2S/c1-10-9-16-4-5-17(10)6-7-18-13-8-11(14)2-3-12(13)15/h2-3,8,10,16H,4-7,9H2,1H3/t10-/m1/s1. The van der Waals surface area contributed by atoms with E-state index in [1.807, 2.05) is 18.2 Å². The third-order valence-corrected chi connectivity index (χ3v) is 4.88. The van der Waals surface area contributed by atoms with Crippen molar-refractivity contribution in [2.45, 2.75) is 17.9 Å². The summed E-state index contributed by atoms with van der Waals surface area (Å²) in [7, 11) is 0. The van der Waals surface area contributed by atoms with Crippen LogP contribution < -0.4 is 5.32 Å². The van der Waals surface area contributed by atoms with Gasteiger partial charge in [-0.15, -0.1) is 11.8 Å². The van der Waals surface area contributed by atoms with E-state index in [4.69, 9.17) is 23.2 Å². The molecule has 18 heavy (non-hydrogen) atoms. The van der Waals surface area contributed by atoms with Crippen LogP contribution in [0.3, 0.4) is 0 Å². The van der Waals surface area contributed by atoms with Gasteiger partial charge in [0.25, 0.3) is 0 Å². The Morgan fingerprint density at radius 1 is 1.44 bits per heavy atom. The van der Waals surface area contributed by atoms with Crippen LogP contribution in [-0.2, 0) is 0 Å². The average Bonchev–Trinajstić information content (AvgIpc) is 2.36. The largest absolute Gasteiger partial charge is 0.314 e. The van der Waals surface area contributed by atoms with Gasteiger partial charge in [-0.05, 0) is 25.1 Å². The average molecular weight is 305 g/mol. The smallest absolute Gasteiger partial charge is 0.0542 e. The van der Waals surface area contributed by atoms with E-state index in [0.29, 0.717) is 6.04 Å². The fourth-order valence-corrected chi connectivity index (χ4v) is 3.56. The predicted molar refractivity (Wildman–Crippen MR) is 81.1 cm³/mol. The zero-order valence-corrected chi connectivity index (χ0v) is 12.8. The summed E-state index contributed by atoms with van der Waals surface area (Å²) in [4.78, 5) is 3.59. The van der Waals surface area contributed by atoms with Crippen molar-refractivity contribution in [3.8, 4) is 0 Å². The number of nitrogens with zero attached hydrogens (tertiary/aromatic N) is 1. The van der Waals surface area contributed by atoms with Crippen molar-refractivity contribution in [3.63, 3.8) is 0 Å². The molecule has 0 bridgehead atoms. The molecule has 1 atom stereocenters. The molecule has 0 aliphatic carbocycles. The van der Waals surface area contributed by atoms with Crippen LogP contribution in [-0.4, -0.2) is 42.9 Å². The first-order chi connectivity index (χ1) is 8.66. The summed E-state index contributed by atoms with van der Waals surface area (Å²) in [5, 5.41) is 4.94. The van der Waals surface area contributed by atoms with Crippen molar-refractivity contribution in [1.29, 1.82) is 0 Å². The molecule has 1 saturated heterocycles. The molecule has 1 aromatic carbocycles. The zero-order chi connectivity index (χ0) is 13.0. The first kappa shape index (κ1) is 14.5. The molecule has 0 unspecified atom stereocenters. The highest BCUT2D eigenvalue weighted by Crippen LogP contribution is 2.29. The van der Waals surface area contributed by atoms with E-state index in [9.17, 15) is 0 Å². The normalized spacial score (nSPS) is 21.2. The molecule has 2 nitrogen and oxygen atoms in total. The van der Waals surface area contributed by atoms with E-state index in [2.05, 4.69) is 17.1 Å². The molecule has 1 N–H and O–H groups in total. The van der Waals surface area contributed by atoms with Crippen LogP contribution in [0.2, 0.25) is 10.0 Å². The summed E-state index contributed by atoms with van der Waals surface area (Å²) in [6, 6.07) is 6.25. The lowest BCUT2D eigenvalue weighted by molar-refractivity contribution is 0.185. The monoisotopic (exact) mass is 304 g/mol. The Balaban J connectivity index is 1.82. The molecule has 0 spiro atoms. The first-order valence-corrected chi connectivity index (χ1v) is 7.93. The van der Waals surface area contributed by atoms with Crippen LogP contribution in [0.4, 0.5) is 0 Å². The van der Waals surface area contributed by atoms with Gasteiger partial charge in [-0.3, -0.25) is 4.90 Å². The summed E-state index contributed by atoms with van der Waals surface area (Å²) in [6.07, 6.45) is 0. The van der Waals surface area contributed by atoms with Crippen molar-refractivity contribution in [1.82, 2.24) is 10.2 Å². The Labute approximate surface area is 123 Å². The van der Waals surface area contributed by atoms with Crippen molar-refractivity contribution < 1.29 is 0 Å². The number of halogens is 2. The van der Waals surface area contributed by atoms with Crippen molar-refractivity contribution in [2.75, 3.05) is 31.9 Å². The topological polar surface area (TPSA) is 15.3 Å². The molecule has 1 aliphatic heterocycles. The van der Waals surface area contributed by atoms with Crippen LogP contribution in [0.15, 0.2) is 23.1 Å². The number of piperazine rings is 1. The molecule has 0 radical (unpaired) electrons. The van der Waals surface area contributed by atoms with Crippen LogP contribution in [0, 0.1) is 0 Å². The van der Waals surface area contributed by atoms with Gasteiger partial charge in [-0.25, -0.2) is 0 Å². The molecule has 100 valence electrons. The summed E-state index contributed by atoms with van der Waals surface area (Å²) >= 11 is 13.9. The van der Waals surface area contributed by atoms with E-state index in [1.54, 1.807) is 11.8 Å². The highest BCUT2D eigenvalue weighted by molar-refractivity contribution is 7.99. The van der Waals surface area contributed by atoms with Gasteiger partial charge >= 0.3 is 0 Å². The van der Waals surface area contributed by atoms with Gasteiger partial charge in [0.1, 0.15) is 0 Å². The maximum Gasteiger partial charge on any atom is 0.0542 e. The van der Waals surface area contributed by atoms with Gasteiger partial charge in [0, 0.05) is 47.9 Å². The molecule has 2 rings (SSSR count). The lowest BCUT2D eigenvalue weighted by Gasteiger charge is -2.33. The predicted octanol–water partition coefficient (Wildman–Crippen LogP) is 3.38. The van der Waals surface area contributed by atoms with E-state index >= 15 is 0 Å². The summed E-state index contributed by atoms with van der Waals surface area (Å²) in [5.74, 6) is 1.05. The first-order valence-electron chi connectivity index (χ1n) is 6.19. The number of thioether (sulfide) groups is 1. The summed E-state index contributed by atoms with van der Waals surface area (Å²) in [5.41, 5.74) is 0. The molecule has 1 aromatic rings. The van der Waals surface area contributed by atoms with Crippen LogP contribution >= 0.6 is 35.0 Å². The van der Waals surface area contributed by atoms with Crippen LogP contribution in [0.25, 0.3) is 0 Å². The fourth-order valence-electron chi connectivity index (χ4n) is 2.08. The Bertz CT molecular complexity index is 401. The van der Waals surface area contributed by atoms with Crippen molar-refractivity contribution in [3.05, 3.63) is 28.2 Å². The van der Waals surface area contributed by atoms with Crippen LogP contribution in [0.1, 0.15) is 6.92 Å². The van der Waals surface area contributed by atoms with Gasteiger partial charge in [0.15, 0.2) is 0 Å². The summed E-state index contributed by atoms with van der Waals surface area (Å²) in [6.45, 7) is 6.67. The molecule has 1 aliphatic rings. The maximum atomic E-state index is 6.14. The molecule has 5 heteroatoms. The molecular formula is C13H18Cl2N2S. The molecule has 1 heterocycles. The summed E-state index contributed by atoms with van der Waals surface area (Å²) < 4.78 is 0. The second-order valence-corrected chi connectivity index (χ2v) is 6.49. The van der Waals surface area contributed by atoms with Crippen LogP contribution in [0.5, 0.6) is 0 Å². The van der Waals surface area contributed by atoms with Crippen molar-refractivity contribution in [2.24, 2.45) is 0 Å². The fraction of sp³-hybridized carbons (Fsp3) is 0.538. The number of rotatable bonds is 4. The van der Waals surface area contributed by atoms with Gasteiger partial charge in [-0.2, -0.15) is 0 Å². The SMILES string of the molecule is C[C@@H]1CNCCN1CCSc1cc(Cl)ccc1Cl. The number of hydrogen-bond donors (Lipinski definition) is 1. The minimum atomic E-state index is 0.620. The molecule has 1 fully saturated rings. The molecule has 0 aromatic heterocycles. The highest BCUT2D eigenvalue weighted by atomic mass is 35.5. The third kappa shape index (κ3) is 4.04. The minimum Gasteiger partial charge on any atom is -0.314 e. The van der Waals surface area contributed by atoms with Gasteiger partial charge < -0.3 is 5.32 Å². The van der Waals surface area contributed by atoms with E-state index in [0.717, 1.165) is 46.9 Å². The Morgan fingerprint density at radius 2 is 2.28 bits per heavy atom. The molecule has 0 amide bonds. The Hall–Kier alpha value is 0.0700. The Morgan fingerprint density at radius 3 is 3.06 bits per heavy atom. The number of hydrogen-bond acceptors (Lipinski definition) is 3.